The van der Waals surface area contributed by atoms with Gasteiger partial charge in [-0.3, -0.25) is 0 Å². The summed E-state index contributed by atoms with van der Waals surface area (Å²) in [5.41, 5.74) is 10.9. The Morgan fingerprint density at radius 3 is 2.08 bits per heavy atom. The third kappa shape index (κ3) is 5.04. The number of aromatic nitrogens is 1. The molecule has 0 saturated carbocycles. The van der Waals surface area contributed by atoms with E-state index in [1.807, 2.05) is 36.4 Å². The maximum absolute atomic E-state index is 6.56. The monoisotopic (exact) mass is 634 g/mol. The first-order valence-corrected chi connectivity index (χ1v) is 16.7. The van der Waals surface area contributed by atoms with Gasteiger partial charge in [0.1, 0.15) is 16.7 Å². The van der Waals surface area contributed by atoms with Gasteiger partial charge in [0.2, 0.25) is 5.89 Å². The molecular weight excluding hydrogens is 601 g/mol. The molecule has 9 aromatic rings. The van der Waals surface area contributed by atoms with Crippen LogP contribution in [0, 0.1) is 0 Å². The smallest absolute Gasteiger partial charge is 0.228 e. The molecule has 0 fully saturated rings. The van der Waals surface area contributed by atoms with Gasteiger partial charge < -0.3 is 13.7 Å². The SMILES string of the molecule is CC(C)(C)c1ccccc1N(c1ccc(-c2ccc3ccccc3c2)cc1)c1ccc2c(c1)oc1cccc(-c3nc4ccccc4o3)c12. The van der Waals surface area contributed by atoms with Crippen LogP contribution in [0.3, 0.4) is 0 Å². The zero-order chi connectivity index (χ0) is 33.1. The first-order chi connectivity index (χ1) is 23.9. The first kappa shape index (κ1) is 29.0. The summed E-state index contributed by atoms with van der Waals surface area (Å²) in [5, 5.41) is 4.50. The minimum atomic E-state index is -0.0716. The molecule has 0 aliphatic rings. The van der Waals surface area contributed by atoms with E-state index in [1.54, 1.807) is 0 Å². The number of anilines is 3. The van der Waals surface area contributed by atoms with Crippen molar-refractivity contribution >= 4 is 60.9 Å². The summed E-state index contributed by atoms with van der Waals surface area (Å²) in [5.74, 6) is 0.589. The van der Waals surface area contributed by atoms with Crippen LogP contribution >= 0.6 is 0 Å². The van der Waals surface area contributed by atoms with E-state index in [0.717, 1.165) is 55.7 Å². The number of hydrogen-bond acceptors (Lipinski definition) is 4. The van der Waals surface area contributed by atoms with Crippen LogP contribution in [0.1, 0.15) is 26.3 Å². The normalized spacial score (nSPS) is 12.0. The number of nitrogens with zero attached hydrogens (tertiary/aromatic N) is 2. The van der Waals surface area contributed by atoms with Crippen LogP contribution < -0.4 is 4.90 Å². The van der Waals surface area contributed by atoms with Gasteiger partial charge in [-0.15, -0.1) is 0 Å². The summed E-state index contributed by atoms with van der Waals surface area (Å²) in [6.45, 7) is 6.80. The summed E-state index contributed by atoms with van der Waals surface area (Å²) < 4.78 is 12.8. The fourth-order valence-corrected chi connectivity index (χ4v) is 7.02. The fourth-order valence-electron chi connectivity index (χ4n) is 7.02. The molecule has 4 heteroatoms. The highest BCUT2D eigenvalue weighted by Crippen LogP contribution is 2.44. The molecular formula is C45H34N2O2. The summed E-state index contributed by atoms with van der Waals surface area (Å²) in [4.78, 5) is 7.15. The number of para-hydroxylation sites is 3. The Morgan fingerprint density at radius 1 is 0.531 bits per heavy atom. The Kier molecular flexibility index (Phi) is 6.66. The second kappa shape index (κ2) is 11.2. The minimum absolute atomic E-state index is 0.0716. The van der Waals surface area contributed by atoms with Crippen LogP contribution in [0.15, 0.2) is 160 Å². The quantitative estimate of drug-likeness (QED) is 0.189. The molecule has 4 nitrogen and oxygen atoms in total. The molecule has 0 atom stereocenters. The number of oxazole rings is 1. The average molecular weight is 635 g/mol. The molecule has 0 N–H and O–H groups in total. The van der Waals surface area contributed by atoms with Crippen molar-refractivity contribution in [2.45, 2.75) is 26.2 Å². The van der Waals surface area contributed by atoms with Crippen molar-refractivity contribution in [1.29, 1.82) is 0 Å². The summed E-state index contributed by atoms with van der Waals surface area (Å²) in [7, 11) is 0. The van der Waals surface area contributed by atoms with E-state index >= 15 is 0 Å². The number of rotatable bonds is 5. The lowest BCUT2D eigenvalue weighted by Gasteiger charge is -2.32. The predicted molar refractivity (Wildman–Crippen MR) is 203 cm³/mol. The van der Waals surface area contributed by atoms with Crippen molar-refractivity contribution in [2.24, 2.45) is 0 Å². The molecule has 0 aliphatic carbocycles. The van der Waals surface area contributed by atoms with Crippen LogP contribution in [0.5, 0.6) is 0 Å². The number of hydrogen-bond donors (Lipinski definition) is 0. The Hall–Kier alpha value is -6.13. The molecule has 0 aliphatic heterocycles. The van der Waals surface area contributed by atoms with E-state index in [-0.39, 0.29) is 5.41 Å². The standard InChI is InChI=1S/C45H34N2O2/c1-45(2,3)37-14-6-8-16-39(37)47(33-23-21-30(22-24-33)32-20-19-29-11-4-5-12-31(29)27-32)34-25-26-35-42(28-34)48-41-18-10-13-36(43(35)41)44-46-38-15-7-9-17-40(38)49-44/h4-28H,1-3H3. The van der Waals surface area contributed by atoms with E-state index in [1.165, 1.54) is 27.5 Å². The van der Waals surface area contributed by atoms with Crippen LogP contribution in [0.4, 0.5) is 17.1 Å². The number of furan rings is 1. The van der Waals surface area contributed by atoms with Gasteiger partial charge in [0.05, 0.1) is 0 Å². The zero-order valence-electron chi connectivity index (χ0n) is 27.6. The van der Waals surface area contributed by atoms with Crippen molar-refractivity contribution in [2.75, 3.05) is 4.90 Å². The van der Waals surface area contributed by atoms with Gasteiger partial charge >= 0.3 is 0 Å². The molecule has 9 rings (SSSR count). The van der Waals surface area contributed by atoms with E-state index < -0.39 is 0 Å². The molecule has 7 aromatic carbocycles. The molecule has 0 saturated heterocycles. The largest absolute Gasteiger partial charge is 0.456 e. The van der Waals surface area contributed by atoms with Gasteiger partial charge in [-0.2, -0.15) is 0 Å². The van der Waals surface area contributed by atoms with E-state index in [9.17, 15) is 0 Å². The Bertz CT molecular complexity index is 2620. The Balaban J connectivity index is 1.19. The summed E-state index contributed by atoms with van der Waals surface area (Å²) >= 11 is 0. The van der Waals surface area contributed by atoms with Gasteiger partial charge in [0, 0.05) is 39.5 Å². The van der Waals surface area contributed by atoms with E-state index in [4.69, 9.17) is 13.8 Å². The van der Waals surface area contributed by atoms with Crippen LogP contribution in [0.25, 0.3) is 66.4 Å². The third-order valence-corrected chi connectivity index (χ3v) is 9.42. The topological polar surface area (TPSA) is 42.4 Å². The highest BCUT2D eigenvalue weighted by atomic mass is 16.3. The van der Waals surface area contributed by atoms with E-state index in [2.05, 4.69) is 141 Å². The van der Waals surface area contributed by atoms with Crippen LogP contribution in [-0.2, 0) is 5.41 Å². The fraction of sp³-hybridized carbons (Fsp3) is 0.0889. The molecule has 0 amide bonds. The van der Waals surface area contributed by atoms with Crippen molar-refractivity contribution in [1.82, 2.24) is 4.98 Å². The summed E-state index contributed by atoms with van der Waals surface area (Å²) in [6, 6.07) is 53.2. The van der Waals surface area contributed by atoms with Crippen LogP contribution in [0.2, 0.25) is 0 Å². The molecule has 2 heterocycles. The third-order valence-electron chi connectivity index (χ3n) is 9.42. The van der Waals surface area contributed by atoms with Gasteiger partial charge in [-0.25, -0.2) is 4.98 Å². The van der Waals surface area contributed by atoms with Crippen molar-refractivity contribution in [3.05, 3.63) is 157 Å². The minimum Gasteiger partial charge on any atom is -0.456 e. The van der Waals surface area contributed by atoms with E-state index in [0.29, 0.717) is 5.89 Å². The highest BCUT2D eigenvalue weighted by molar-refractivity contribution is 6.12. The van der Waals surface area contributed by atoms with Gasteiger partial charge in [-0.1, -0.05) is 106 Å². The molecule has 0 unspecified atom stereocenters. The maximum Gasteiger partial charge on any atom is 0.228 e. The molecule has 2 aromatic heterocycles. The van der Waals surface area contributed by atoms with Gasteiger partial charge in [0.15, 0.2) is 5.58 Å². The molecule has 49 heavy (non-hydrogen) atoms. The zero-order valence-corrected chi connectivity index (χ0v) is 27.6. The van der Waals surface area contributed by atoms with Crippen molar-refractivity contribution < 1.29 is 8.83 Å². The van der Waals surface area contributed by atoms with Crippen molar-refractivity contribution in [3.8, 4) is 22.6 Å². The van der Waals surface area contributed by atoms with Gasteiger partial charge in [0.25, 0.3) is 0 Å². The highest BCUT2D eigenvalue weighted by Gasteiger charge is 2.24. The number of fused-ring (bicyclic) bond motifs is 5. The first-order valence-electron chi connectivity index (χ1n) is 16.7. The average Bonchev–Trinajstić information content (AvgIpc) is 3.73. The maximum atomic E-state index is 6.56. The second-order valence-corrected chi connectivity index (χ2v) is 13.7. The van der Waals surface area contributed by atoms with Crippen LogP contribution in [-0.4, -0.2) is 4.98 Å². The second-order valence-electron chi connectivity index (χ2n) is 13.7. The predicted octanol–water partition coefficient (Wildman–Crippen LogP) is 13.0. The lowest BCUT2D eigenvalue weighted by molar-refractivity contribution is 0.591. The van der Waals surface area contributed by atoms with Gasteiger partial charge in [-0.05, 0) is 93.5 Å². The molecule has 0 spiro atoms. The molecule has 0 radical (unpaired) electrons. The van der Waals surface area contributed by atoms with Crippen molar-refractivity contribution in [3.63, 3.8) is 0 Å². The lowest BCUT2D eigenvalue weighted by Crippen LogP contribution is -2.19. The lowest BCUT2D eigenvalue weighted by atomic mass is 9.85. The molecule has 0 bridgehead atoms. The number of benzene rings is 7. The summed E-state index contributed by atoms with van der Waals surface area (Å²) in [6.07, 6.45) is 0. The Morgan fingerprint density at radius 2 is 1.24 bits per heavy atom. The molecule has 236 valence electrons. The Labute approximate surface area is 284 Å².